The standard InChI is InChI=1S/C22H22ClN3O3S2/c1-15-3-7-17(8-4-15)20(26-11-13-29-14-12-26)24-22-25-21(19(23)30-22)31(27,28)18-9-5-16(2)6-10-18/h3-10H,11-14H2,1-2H3/b24-20-. The molecule has 4 rings (SSSR count). The van der Waals surface area contributed by atoms with Crippen molar-refractivity contribution in [3.05, 3.63) is 69.6 Å². The van der Waals surface area contributed by atoms with E-state index >= 15 is 0 Å². The summed E-state index contributed by atoms with van der Waals surface area (Å²) in [5, 5.41) is 0.143. The molecule has 31 heavy (non-hydrogen) atoms. The van der Waals surface area contributed by atoms with Gasteiger partial charge in [0, 0.05) is 18.7 Å². The van der Waals surface area contributed by atoms with E-state index in [-0.39, 0.29) is 14.3 Å². The fourth-order valence-electron chi connectivity index (χ4n) is 3.21. The molecule has 0 atom stereocenters. The first kappa shape index (κ1) is 22.0. The maximum Gasteiger partial charge on any atom is 0.226 e. The Labute approximate surface area is 191 Å². The van der Waals surface area contributed by atoms with E-state index in [9.17, 15) is 8.42 Å². The zero-order valence-electron chi connectivity index (χ0n) is 17.2. The van der Waals surface area contributed by atoms with E-state index in [1.54, 1.807) is 24.3 Å². The van der Waals surface area contributed by atoms with Crippen LogP contribution in [-0.2, 0) is 14.6 Å². The van der Waals surface area contributed by atoms with E-state index in [0.29, 0.717) is 31.4 Å². The molecule has 2 aromatic carbocycles. The van der Waals surface area contributed by atoms with Crippen LogP contribution in [0.3, 0.4) is 0 Å². The van der Waals surface area contributed by atoms with Gasteiger partial charge in [-0.2, -0.15) is 0 Å². The molecule has 1 fully saturated rings. The van der Waals surface area contributed by atoms with Gasteiger partial charge in [-0.05, 0) is 26.0 Å². The van der Waals surface area contributed by atoms with Gasteiger partial charge in [-0.25, -0.2) is 18.4 Å². The van der Waals surface area contributed by atoms with E-state index in [1.165, 1.54) is 0 Å². The first-order valence-corrected chi connectivity index (χ1v) is 12.5. The van der Waals surface area contributed by atoms with Crippen LogP contribution < -0.4 is 0 Å². The highest BCUT2D eigenvalue weighted by Crippen LogP contribution is 2.36. The molecule has 0 aliphatic carbocycles. The van der Waals surface area contributed by atoms with E-state index in [0.717, 1.165) is 33.9 Å². The van der Waals surface area contributed by atoms with Gasteiger partial charge < -0.3 is 9.64 Å². The molecule has 0 radical (unpaired) electrons. The van der Waals surface area contributed by atoms with Crippen molar-refractivity contribution in [1.29, 1.82) is 0 Å². The second-order valence-electron chi connectivity index (χ2n) is 7.29. The molecule has 0 bridgehead atoms. The summed E-state index contributed by atoms with van der Waals surface area (Å²) in [4.78, 5) is 11.3. The summed E-state index contributed by atoms with van der Waals surface area (Å²) in [6.45, 7) is 6.53. The molecule has 2 heterocycles. The molecule has 0 saturated carbocycles. The number of ether oxygens (including phenoxy) is 1. The molecular formula is C22H22ClN3O3S2. The van der Waals surface area contributed by atoms with E-state index in [2.05, 4.69) is 9.88 Å². The van der Waals surface area contributed by atoms with Gasteiger partial charge in [0.15, 0.2) is 5.03 Å². The molecule has 9 heteroatoms. The van der Waals surface area contributed by atoms with Gasteiger partial charge in [-0.15, -0.1) is 0 Å². The molecule has 6 nitrogen and oxygen atoms in total. The minimum absolute atomic E-state index is 0.101. The van der Waals surface area contributed by atoms with Gasteiger partial charge in [0.1, 0.15) is 10.2 Å². The highest BCUT2D eigenvalue weighted by Gasteiger charge is 2.26. The molecular weight excluding hydrogens is 454 g/mol. The van der Waals surface area contributed by atoms with Crippen LogP contribution in [0.2, 0.25) is 4.34 Å². The third kappa shape index (κ3) is 4.82. The summed E-state index contributed by atoms with van der Waals surface area (Å²) < 4.78 is 31.7. The number of amidine groups is 1. The molecule has 0 amide bonds. The van der Waals surface area contributed by atoms with Crippen LogP contribution in [0.1, 0.15) is 16.7 Å². The van der Waals surface area contributed by atoms with Crippen molar-refractivity contribution in [2.75, 3.05) is 26.3 Å². The smallest absolute Gasteiger partial charge is 0.226 e. The summed E-state index contributed by atoms with van der Waals surface area (Å²) >= 11 is 7.38. The number of rotatable bonds is 4. The fourth-order valence-corrected chi connectivity index (χ4v) is 5.97. The van der Waals surface area contributed by atoms with E-state index in [1.807, 2.05) is 38.1 Å². The van der Waals surface area contributed by atoms with Gasteiger partial charge in [-0.1, -0.05) is 70.5 Å². The van der Waals surface area contributed by atoms with Crippen LogP contribution in [0, 0.1) is 13.8 Å². The SMILES string of the molecule is Cc1ccc(/C(=N/c2nc(S(=O)(=O)c3ccc(C)cc3)c(Cl)s2)N2CCOCC2)cc1. The van der Waals surface area contributed by atoms with Crippen molar-refractivity contribution in [1.82, 2.24) is 9.88 Å². The molecule has 1 aromatic heterocycles. The maximum absolute atomic E-state index is 13.1. The first-order valence-electron chi connectivity index (χ1n) is 9.81. The summed E-state index contributed by atoms with van der Waals surface area (Å²) in [6.07, 6.45) is 0. The molecule has 0 spiro atoms. The van der Waals surface area contributed by atoms with Gasteiger partial charge >= 0.3 is 0 Å². The Kier molecular flexibility index (Phi) is 6.43. The van der Waals surface area contributed by atoms with Crippen molar-refractivity contribution in [3.63, 3.8) is 0 Å². The van der Waals surface area contributed by atoms with Crippen LogP contribution in [0.15, 0.2) is 63.4 Å². The Morgan fingerprint density at radius 2 is 1.61 bits per heavy atom. The number of hydrogen-bond donors (Lipinski definition) is 0. The maximum atomic E-state index is 13.1. The molecule has 1 aliphatic heterocycles. The number of aliphatic imine (C=N–C) groups is 1. The highest BCUT2D eigenvalue weighted by atomic mass is 35.5. The lowest BCUT2D eigenvalue weighted by Gasteiger charge is -2.29. The minimum atomic E-state index is -3.83. The predicted molar refractivity (Wildman–Crippen MR) is 124 cm³/mol. The van der Waals surface area contributed by atoms with Crippen LogP contribution >= 0.6 is 22.9 Å². The average molecular weight is 476 g/mol. The molecule has 1 saturated heterocycles. The third-order valence-corrected chi connectivity index (χ3v) is 8.04. The zero-order valence-corrected chi connectivity index (χ0v) is 19.6. The topological polar surface area (TPSA) is 71.9 Å². The summed E-state index contributed by atoms with van der Waals surface area (Å²) in [6, 6.07) is 14.7. The largest absolute Gasteiger partial charge is 0.378 e. The van der Waals surface area contributed by atoms with Crippen molar-refractivity contribution < 1.29 is 13.2 Å². The Balaban J connectivity index is 1.75. The number of hydrogen-bond acceptors (Lipinski definition) is 6. The normalized spacial score (nSPS) is 15.3. The Bertz CT molecular complexity index is 1200. The fraction of sp³-hybridized carbons (Fsp3) is 0.273. The number of aromatic nitrogens is 1. The molecule has 1 aliphatic rings. The Morgan fingerprint density at radius 3 is 2.23 bits per heavy atom. The molecule has 162 valence electrons. The Hall–Kier alpha value is -2.26. The van der Waals surface area contributed by atoms with Gasteiger partial charge in [0.2, 0.25) is 15.0 Å². The van der Waals surface area contributed by atoms with Crippen LogP contribution in [-0.4, -0.2) is 50.4 Å². The quantitative estimate of drug-likeness (QED) is 0.405. The molecule has 3 aromatic rings. The summed E-state index contributed by atoms with van der Waals surface area (Å²) in [7, 11) is -3.83. The minimum Gasteiger partial charge on any atom is -0.378 e. The number of nitrogens with zero attached hydrogens (tertiary/aromatic N) is 3. The van der Waals surface area contributed by atoms with Gasteiger partial charge in [0.25, 0.3) is 0 Å². The summed E-state index contributed by atoms with van der Waals surface area (Å²) in [5.74, 6) is 0.730. The van der Waals surface area contributed by atoms with Gasteiger partial charge in [0.05, 0.1) is 18.1 Å². The first-order chi connectivity index (χ1) is 14.8. The number of halogens is 1. The molecule has 0 N–H and O–H groups in total. The van der Waals surface area contributed by atoms with Crippen molar-refractivity contribution >= 4 is 43.7 Å². The number of benzene rings is 2. The Morgan fingerprint density at radius 1 is 1.03 bits per heavy atom. The number of thiazole rings is 1. The van der Waals surface area contributed by atoms with Crippen molar-refractivity contribution in [3.8, 4) is 0 Å². The van der Waals surface area contributed by atoms with Crippen LogP contribution in [0.25, 0.3) is 0 Å². The number of aryl methyl sites for hydroxylation is 2. The molecule has 0 unspecified atom stereocenters. The average Bonchev–Trinajstić information content (AvgIpc) is 3.15. The van der Waals surface area contributed by atoms with Crippen LogP contribution in [0.5, 0.6) is 0 Å². The lowest BCUT2D eigenvalue weighted by atomic mass is 10.1. The van der Waals surface area contributed by atoms with Crippen molar-refractivity contribution in [2.45, 2.75) is 23.8 Å². The second kappa shape index (κ2) is 9.08. The zero-order chi connectivity index (χ0) is 22.0. The monoisotopic (exact) mass is 475 g/mol. The van der Waals surface area contributed by atoms with Gasteiger partial charge in [-0.3, -0.25) is 0 Å². The van der Waals surface area contributed by atoms with Crippen LogP contribution in [0.4, 0.5) is 5.13 Å². The third-order valence-electron chi connectivity index (χ3n) is 4.95. The second-order valence-corrected chi connectivity index (χ2v) is 10.7. The number of morpholine rings is 1. The summed E-state index contributed by atoms with van der Waals surface area (Å²) in [5.41, 5.74) is 3.05. The van der Waals surface area contributed by atoms with Crippen molar-refractivity contribution in [2.24, 2.45) is 4.99 Å². The predicted octanol–water partition coefficient (Wildman–Crippen LogP) is 4.66. The van der Waals surface area contributed by atoms with E-state index in [4.69, 9.17) is 21.3 Å². The lowest BCUT2D eigenvalue weighted by Crippen LogP contribution is -2.41. The lowest BCUT2D eigenvalue weighted by molar-refractivity contribution is 0.0683. The highest BCUT2D eigenvalue weighted by molar-refractivity contribution is 7.91. The number of sulfone groups is 1. The van der Waals surface area contributed by atoms with E-state index < -0.39 is 9.84 Å².